The molecule has 2 aromatic carbocycles. The molecule has 37 heavy (non-hydrogen) atoms. The fourth-order valence-corrected chi connectivity index (χ4v) is 5.27. The lowest BCUT2D eigenvalue weighted by Gasteiger charge is -2.39. The van der Waals surface area contributed by atoms with Gasteiger partial charge in [-0.1, -0.05) is 19.1 Å². The number of aromatic amines is 1. The van der Waals surface area contributed by atoms with Crippen molar-refractivity contribution in [1.82, 2.24) is 14.5 Å². The first kappa shape index (κ1) is 29.0. The Morgan fingerprint density at radius 3 is 2.19 bits per heavy atom. The van der Waals surface area contributed by atoms with Gasteiger partial charge in [0, 0.05) is 38.4 Å². The van der Waals surface area contributed by atoms with Gasteiger partial charge in [-0.3, -0.25) is 4.57 Å². The minimum absolute atomic E-state index is 0. The van der Waals surface area contributed by atoms with Gasteiger partial charge in [-0.2, -0.15) is 9.98 Å². The molecule has 4 heterocycles. The van der Waals surface area contributed by atoms with Crippen LogP contribution in [0.3, 0.4) is 0 Å². The van der Waals surface area contributed by atoms with E-state index in [0.29, 0.717) is 34.3 Å². The number of likely N-dealkylation sites (tertiary alicyclic amines) is 1. The van der Waals surface area contributed by atoms with Crippen molar-refractivity contribution < 1.29 is 13.9 Å². The van der Waals surface area contributed by atoms with Crippen LogP contribution in [0.5, 0.6) is 0 Å². The molecule has 3 aliphatic heterocycles. The van der Waals surface area contributed by atoms with Gasteiger partial charge in [0.25, 0.3) is 0 Å². The van der Waals surface area contributed by atoms with Crippen LogP contribution in [-0.2, 0) is 11.2 Å². The first-order chi connectivity index (χ1) is 17.0. The van der Waals surface area contributed by atoms with E-state index in [2.05, 4.69) is 19.9 Å². The molecule has 2 saturated heterocycles. The molecule has 2 fully saturated rings. The monoisotopic (exact) mass is 551 g/mol. The van der Waals surface area contributed by atoms with Crippen molar-refractivity contribution in [3.63, 3.8) is 0 Å². The van der Waals surface area contributed by atoms with Crippen LogP contribution >= 0.6 is 24.8 Å². The average molecular weight is 552 g/mol. The van der Waals surface area contributed by atoms with E-state index in [1.54, 1.807) is 12.1 Å². The summed E-state index contributed by atoms with van der Waals surface area (Å²) < 4.78 is 21.3. The molecule has 3 aliphatic rings. The number of nitrogens with one attached hydrogen (secondary N) is 1. The molecular weight excluding hydrogens is 520 g/mol. The normalized spacial score (nSPS) is 18.1. The number of piperidine rings is 1. The Labute approximate surface area is 226 Å². The van der Waals surface area contributed by atoms with Crippen LogP contribution in [-0.4, -0.2) is 52.8 Å². The second kappa shape index (κ2) is 12.8. The number of halogens is 3. The molecule has 0 atom stereocenters. The van der Waals surface area contributed by atoms with Crippen LogP contribution in [0.1, 0.15) is 44.2 Å². The molecule has 200 valence electrons. The van der Waals surface area contributed by atoms with Crippen LogP contribution in [0.4, 0.5) is 9.18 Å². The van der Waals surface area contributed by atoms with Crippen LogP contribution in [0.15, 0.2) is 51.2 Å². The third-order valence-electron chi connectivity index (χ3n) is 7.15. The Kier molecular flexibility index (Phi) is 10.0. The van der Waals surface area contributed by atoms with Gasteiger partial charge >= 0.3 is 11.7 Å². The molecule has 8 nitrogen and oxygen atoms in total. The minimum atomic E-state index is -0.402. The van der Waals surface area contributed by atoms with Crippen molar-refractivity contribution in [3.05, 3.63) is 69.0 Å². The molecule has 3 aromatic rings. The Bertz CT molecular complexity index is 1370. The Balaban J connectivity index is 0.000000267. The zero-order valence-electron chi connectivity index (χ0n) is 20.7. The molecule has 11 heteroatoms. The highest BCUT2D eigenvalue weighted by atomic mass is 35.5. The van der Waals surface area contributed by atoms with E-state index in [9.17, 15) is 14.0 Å². The smallest absolute Gasteiger partial charge is 0.368 e. The predicted molar refractivity (Wildman–Crippen MR) is 144 cm³/mol. The highest BCUT2D eigenvalue weighted by Gasteiger charge is 2.28. The molecule has 0 spiro atoms. The third-order valence-corrected chi connectivity index (χ3v) is 7.15. The molecule has 1 aromatic heterocycles. The van der Waals surface area contributed by atoms with Crippen molar-refractivity contribution in [2.24, 2.45) is 9.98 Å². The van der Waals surface area contributed by atoms with Crippen LogP contribution in [0.2, 0.25) is 0 Å². The lowest BCUT2D eigenvalue weighted by Crippen LogP contribution is -2.45. The number of aryl methyl sites for hydroxylation is 1. The fraction of sp³-hybridized carbons (Fsp3) is 0.462. The van der Waals surface area contributed by atoms with Gasteiger partial charge in [0.05, 0.1) is 21.7 Å². The molecule has 6 rings (SSSR count). The van der Waals surface area contributed by atoms with Crippen molar-refractivity contribution in [2.45, 2.75) is 51.1 Å². The molecule has 0 unspecified atom stereocenters. The van der Waals surface area contributed by atoms with Gasteiger partial charge in [0.2, 0.25) is 0 Å². The number of rotatable bonds is 3. The van der Waals surface area contributed by atoms with Crippen LogP contribution in [0, 0.1) is 5.82 Å². The maximum Gasteiger partial charge on any atom is 0.368 e. The highest BCUT2D eigenvalue weighted by Crippen LogP contribution is 2.28. The topological polar surface area (TPSA) is 92.1 Å². The lowest BCUT2D eigenvalue weighted by molar-refractivity contribution is 0.0220. The summed E-state index contributed by atoms with van der Waals surface area (Å²) in [7, 11) is 0. The van der Waals surface area contributed by atoms with Crippen LogP contribution in [0.25, 0.3) is 11.0 Å². The number of nitrogens with zero attached hydrogens (tertiary/aromatic N) is 4. The summed E-state index contributed by atoms with van der Waals surface area (Å²) in [6, 6.07) is 10.9. The molecule has 0 bridgehead atoms. The maximum atomic E-state index is 14.0. The van der Waals surface area contributed by atoms with Crippen molar-refractivity contribution in [2.75, 3.05) is 26.3 Å². The number of carbonyl (C=O) groups is 1. The summed E-state index contributed by atoms with van der Waals surface area (Å²) in [6.07, 6.45) is 4.77. The van der Waals surface area contributed by atoms with Gasteiger partial charge in [0.15, 0.2) is 0 Å². The quantitative estimate of drug-likeness (QED) is 0.536. The number of fused-ring (bicyclic) bond motifs is 2. The second-order valence-corrected chi connectivity index (χ2v) is 9.22. The van der Waals surface area contributed by atoms with Crippen molar-refractivity contribution in [3.8, 4) is 0 Å². The van der Waals surface area contributed by atoms with Gasteiger partial charge in [-0.05, 0) is 61.9 Å². The second-order valence-electron chi connectivity index (χ2n) is 9.22. The number of imidazole rings is 1. The van der Waals surface area contributed by atoms with Crippen molar-refractivity contribution in [1.29, 1.82) is 0 Å². The molecular formula is C26H32Cl2FN5O3. The number of carbonyl (C=O) groups excluding carboxylic acids is 1. The average Bonchev–Trinajstić information content (AvgIpc) is 3.42. The van der Waals surface area contributed by atoms with Gasteiger partial charge in [0.1, 0.15) is 5.82 Å². The fourth-order valence-electron chi connectivity index (χ4n) is 5.27. The van der Waals surface area contributed by atoms with Crippen LogP contribution < -0.4 is 16.4 Å². The third kappa shape index (κ3) is 6.29. The number of para-hydroxylation sites is 2. The predicted octanol–water partition coefficient (Wildman–Crippen LogP) is 3.75. The standard InChI is InChI=1S/C19H26FN3O2.C7H4N2O.2ClH/c1-2-13-11-18-17(12-16(13)20)21-19(24)23(18)15-3-7-22(8-4-15)14-5-9-25-10-6-14;10-7-8-5-3-1-2-4-6(5)9-7;;/h11-12,14-15H,2-10H2,1H3,(H,21,24);1-4H;2*1H. The first-order valence-electron chi connectivity index (χ1n) is 12.3. The zero-order chi connectivity index (χ0) is 24.4. The van der Waals surface area contributed by atoms with Gasteiger partial charge in [-0.15, -0.1) is 24.8 Å². The Hall–Kier alpha value is -2.59. The summed E-state index contributed by atoms with van der Waals surface area (Å²) in [6.45, 7) is 5.67. The summed E-state index contributed by atoms with van der Waals surface area (Å²) in [5.41, 5.74) is 1.99. The zero-order valence-corrected chi connectivity index (χ0v) is 22.3. The maximum absolute atomic E-state index is 14.0. The van der Waals surface area contributed by atoms with E-state index in [1.165, 1.54) is 6.07 Å². The number of aromatic nitrogens is 2. The number of hydrogen-bond acceptors (Lipinski definition) is 4. The van der Waals surface area contributed by atoms with Gasteiger partial charge < -0.3 is 14.6 Å². The molecule has 0 aliphatic carbocycles. The summed E-state index contributed by atoms with van der Waals surface area (Å²) >= 11 is 0. The van der Waals surface area contributed by atoms with Crippen molar-refractivity contribution >= 4 is 41.9 Å². The largest absolute Gasteiger partial charge is 0.381 e. The highest BCUT2D eigenvalue weighted by molar-refractivity contribution is 5.85. The van der Waals surface area contributed by atoms with E-state index >= 15 is 0 Å². The van der Waals surface area contributed by atoms with E-state index in [4.69, 9.17) is 4.74 Å². The SMILES string of the molecule is CCc1cc2c(cc1F)[nH]c(=O)n2C1CCN(C2CCOCC2)CC1.Cl.Cl.O=C1N=c2ccccc2=N1. The molecule has 2 amide bonds. The van der Waals surface area contributed by atoms with E-state index < -0.39 is 6.03 Å². The van der Waals surface area contributed by atoms with E-state index in [-0.39, 0.29) is 42.4 Å². The minimum Gasteiger partial charge on any atom is -0.381 e. The Morgan fingerprint density at radius 1 is 0.973 bits per heavy atom. The van der Waals surface area contributed by atoms with Gasteiger partial charge in [-0.25, -0.2) is 14.0 Å². The summed E-state index contributed by atoms with van der Waals surface area (Å²) in [4.78, 5) is 35.7. The van der Waals surface area contributed by atoms with E-state index in [1.807, 2.05) is 29.7 Å². The number of hydrogen-bond donors (Lipinski definition) is 1. The number of amides is 2. The first-order valence-corrected chi connectivity index (χ1v) is 12.3. The van der Waals surface area contributed by atoms with E-state index in [0.717, 1.165) is 57.5 Å². The molecule has 0 saturated carbocycles. The molecule has 0 radical (unpaired) electrons. The number of ether oxygens (including phenoxy) is 1. The Morgan fingerprint density at radius 2 is 1.59 bits per heavy atom. The number of benzene rings is 2. The molecule has 1 N–H and O–H groups in total. The lowest BCUT2D eigenvalue weighted by atomic mass is 9.99. The summed E-state index contributed by atoms with van der Waals surface area (Å²) in [5, 5.41) is 1.35. The number of H-pyrrole nitrogens is 1. The summed E-state index contributed by atoms with van der Waals surface area (Å²) in [5.74, 6) is -0.238. The number of urea groups is 1.